The van der Waals surface area contributed by atoms with Crippen LogP contribution in [0.5, 0.6) is 0 Å². The van der Waals surface area contributed by atoms with Gasteiger partial charge in [-0.3, -0.25) is 0 Å². The molecule has 2 rings (SSSR count). The van der Waals surface area contributed by atoms with Crippen LogP contribution in [-0.4, -0.2) is 48.4 Å². The number of piperazine rings is 1. The maximum atomic E-state index is 13.2. The van der Waals surface area contributed by atoms with Crippen molar-refractivity contribution in [1.82, 2.24) is 9.80 Å². The Kier molecular flexibility index (Phi) is 2.73. The fourth-order valence-corrected chi connectivity index (χ4v) is 2.40. The highest BCUT2D eigenvalue weighted by Crippen LogP contribution is 2.64. The molecule has 0 radical (unpaired) electrons. The van der Waals surface area contributed by atoms with Crippen LogP contribution in [0.2, 0.25) is 0 Å². The van der Waals surface area contributed by atoms with Gasteiger partial charge in [-0.2, -0.15) is 0 Å². The van der Waals surface area contributed by atoms with Crippen LogP contribution in [0, 0.1) is 5.41 Å². The van der Waals surface area contributed by atoms with Gasteiger partial charge in [-0.15, -0.1) is 0 Å². The fourth-order valence-electron chi connectivity index (χ4n) is 2.40. The summed E-state index contributed by atoms with van der Waals surface area (Å²) in [6.07, 6.45) is -0.0349. The van der Waals surface area contributed by atoms with Crippen LogP contribution in [0.25, 0.3) is 0 Å². The number of halogens is 2. The summed E-state index contributed by atoms with van der Waals surface area (Å²) in [7, 11) is 0. The van der Waals surface area contributed by atoms with Crippen molar-refractivity contribution in [2.45, 2.75) is 26.2 Å². The van der Waals surface area contributed by atoms with Gasteiger partial charge in [0.25, 0.3) is 5.92 Å². The Labute approximate surface area is 95.9 Å². The first-order valence-electron chi connectivity index (χ1n) is 5.95. The predicted molar refractivity (Wildman–Crippen MR) is 60.5 cm³/mol. The molecular weight excluding hydrogens is 210 g/mol. The van der Waals surface area contributed by atoms with Gasteiger partial charge in [0.05, 0.1) is 5.41 Å². The lowest BCUT2D eigenvalue weighted by molar-refractivity contribution is 0.0646. The molecule has 2 fully saturated rings. The summed E-state index contributed by atoms with van der Waals surface area (Å²) >= 11 is 0. The molecular formula is C12H20F2N2. The first-order valence-corrected chi connectivity index (χ1v) is 5.95. The first kappa shape index (κ1) is 11.8. The van der Waals surface area contributed by atoms with E-state index in [4.69, 9.17) is 0 Å². The van der Waals surface area contributed by atoms with E-state index in [1.807, 2.05) is 4.90 Å². The van der Waals surface area contributed by atoms with E-state index in [-0.39, 0.29) is 6.42 Å². The monoisotopic (exact) mass is 230 g/mol. The van der Waals surface area contributed by atoms with Crippen LogP contribution in [0.15, 0.2) is 12.3 Å². The van der Waals surface area contributed by atoms with Gasteiger partial charge in [0.15, 0.2) is 0 Å². The molecule has 1 saturated heterocycles. The van der Waals surface area contributed by atoms with Gasteiger partial charge in [-0.1, -0.05) is 13.5 Å². The summed E-state index contributed by atoms with van der Waals surface area (Å²) in [4.78, 5) is 4.37. The topological polar surface area (TPSA) is 6.48 Å². The summed E-state index contributed by atoms with van der Waals surface area (Å²) in [5.74, 6) is -2.54. The molecule has 2 nitrogen and oxygen atoms in total. The van der Waals surface area contributed by atoms with E-state index in [0.717, 1.165) is 32.7 Å². The zero-order valence-corrected chi connectivity index (χ0v) is 10.1. The van der Waals surface area contributed by atoms with Crippen molar-refractivity contribution in [3.8, 4) is 0 Å². The van der Waals surface area contributed by atoms with Crippen molar-refractivity contribution in [2.75, 3.05) is 32.7 Å². The number of nitrogens with zero attached hydrogens (tertiary/aromatic N) is 2. The van der Waals surface area contributed by atoms with Crippen LogP contribution in [-0.2, 0) is 0 Å². The van der Waals surface area contributed by atoms with Crippen molar-refractivity contribution in [3.05, 3.63) is 12.3 Å². The number of hydrogen-bond acceptors (Lipinski definition) is 2. The fraction of sp³-hybridized carbons (Fsp3) is 0.833. The van der Waals surface area contributed by atoms with Crippen molar-refractivity contribution in [1.29, 1.82) is 0 Å². The Hall–Kier alpha value is -0.640. The molecule has 1 atom stereocenters. The van der Waals surface area contributed by atoms with Crippen molar-refractivity contribution in [3.63, 3.8) is 0 Å². The highest BCUT2D eigenvalue weighted by Gasteiger charge is 2.70. The maximum absolute atomic E-state index is 13.2. The van der Waals surface area contributed by atoms with Crippen LogP contribution in [0.1, 0.15) is 20.3 Å². The van der Waals surface area contributed by atoms with Gasteiger partial charge >= 0.3 is 0 Å². The van der Waals surface area contributed by atoms with Gasteiger partial charge < -0.3 is 9.80 Å². The molecule has 1 saturated carbocycles. The SMILES string of the molecule is C=C(N1CCN(CC)CC1)C1(C)CC1(F)F. The quantitative estimate of drug-likeness (QED) is 0.733. The van der Waals surface area contributed by atoms with E-state index < -0.39 is 11.3 Å². The molecule has 4 heteroatoms. The third-order valence-corrected chi connectivity index (χ3v) is 4.10. The van der Waals surface area contributed by atoms with E-state index in [1.54, 1.807) is 6.92 Å². The third kappa shape index (κ3) is 1.73. The lowest BCUT2D eigenvalue weighted by atomic mass is 10.0. The highest BCUT2D eigenvalue weighted by molar-refractivity contribution is 5.25. The summed E-state index contributed by atoms with van der Waals surface area (Å²) < 4.78 is 26.5. The van der Waals surface area contributed by atoms with Crippen LogP contribution >= 0.6 is 0 Å². The Morgan fingerprint density at radius 1 is 1.25 bits per heavy atom. The predicted octanol–water partition coefficient (Wildman–Crippen LogP) is 2.18. The smallest absolute Gasteiger partial charge is 0.260 e. The lowest BCUT2D eigenvalue weighted by Crippen LogP contribution is -2.46. The maximum Gasteiger partial charge on any atom is 0.260 e. The number of alkyl halides is 2. The largest absolute Gasteiger partial charge is 0.372 e. The van der Waals surface area contributed by atoms with Crippen LogP contribution < -0.4 is 0 Å². The van der Waals surface area contributed by atoms with E-state index in [9.17, 15) is 8.78 Å². The zero-order valence-electron chi connectivity index (χ0n) is 10.1. The summed E-state index contributed by atoms with van der Waals surface area (Å²) in [5, 5.41) is 0. The standard InChI is InChI=1S/C12H20F2N2/c1-4-15-5-7-16(8-6-15)10(2)11(3)9-12(11,13)14/h2,4-9H2,1,3H3. The Balaban J connectivity index is 1.93. The number of allylic oxidation sites excluding steroid dienone is 1. The minimum Gasteiger partial charge on any atom is -0.372 e. The van der Waals surface area contributed by atoms with Gasteiger partial charge in [-0.05, 0) is 13.5 Å². The molecule has 0 N–H and O–H groups in total. The average molecular weight is 230 g/mol. The number of hydrogen-bond donors (Lipinski definition) is 0. The molecule has 0 spiro atoms. The third-order valence-electron chi connectivity index (χ3n) is 4.10. The van der Waals surface area contributed by atoms with E-state index in [1.165, 1.54) is 0 Å². The molecule has 16 heavy (non-hydrogen) atoms. The van der Waals surface area contributed by atoms with Crippen molar-refractivity contribution < 1.29 is 8.78 Å². The van der Waals surface area contributed by atoms with Crippen LogP contribution in [0.4, 0.5) is 8.78 Å². The number of likely N-dealkylation sites (N-methyl/N-ethyl adjacent to an activating group) is 1. The molecule has 1 aliphatic heterocycles. The molecule has 0 aromatic heterocycles. The Morgan fingerprint density at radius 2 is 1.75 bits per heavy atom. The second-order valence-corrected chi connectivity index (χ2v) is 5.08. The molecule has 2 aliphatic rings. The molecule has 0 amide bonds. The average Bonchev–Trinajstić information content (AvgIpc) is 2.79. The van der Waals surface area contributed by atoms with Crippen molar-refractivity contribution >= 4 is 0 Å². The van der Waals surface area contributed by atoms with Crippen LogP contribution in [0.3, 0.4) is 0 Å². The molecule has 0 bridgehead atoms. The molecule has 0 aromatic rings. The Morgan fingerprint density at radius 3 is 2.12 bits per heavy atom. The minimum absolute atomic E-state index is 0.0349. The summed E-state index contributed by atoms with van der Waals surface area (Å²) in [6.45, 7) is 12.2. The van der Waals surface area contributed by atoms with E-state index in [0.29, 0.717) is 5.70 Å². The molecule has 92 valence electrons. The highest BCUT2D eigenvalue weighted by atomic mass is 19.3. The second kappa shape index (κ2) is 3.69. The normalized spacial score (nSPS) is 33.9. The lowest BCUT2D eigenvalue weighted by Gasteiger charge is -2.38. The number of rotatable bonds is 3. The van der Waals surface area contributed by atoms with Gasteiger partial charge in [-0.25, -0.2) is 8.78 Å². The molecule has 1 unspecified atom stereocenters. The summed E-state index contributed by atoms with van der Waals surface area (Å²) in [5.41, 5.74) is -0.338. The zero-order chi connectivity index (χ0) is 12.0. The first-order chi connectivity index (χ1) is 7.40. The van der Waals surface area contributed by atoms with E-state index >= 15 is 0 Å². The van der Waals surface area contributed by atoms with Gasteiger partial charge in [0, 0.05) is 38.3 Å². The minimum atomic E-state index is -2.54. The summed E-state index contributed by atoms with van der Waals surface area (Å²) in [6, 6.07) is 0. The molecule has 1 aliphatic carbocycles. The van der Waals surface area contributed by atoms with Gasteiger partial charge in [0.2, 0.25) is 0 Å². The molecule has 1 heterocycles. The van der Waals surface area contributed by atoms with Crippen molar-refractivity contribution in [2.24, 2.45) is 5.41 Å². The second-order valence-electron chi connectivity index (χ2n) is 5.08. The van der Waals surface area contributed by atoms with E-state index in [2.05, 4.69) is 18.4 Å². The van der Waals surface area contributed by atoms with Gasteiger partial charge in [0.1, 0.15) is 0 Å². The molecule has 0 aromatic carbocycles. The Bertz CT molecular complexity index is 295.